The lowest BCUT2D eigenvalue weighted by atomic mass is 10.2. The zero-order chi connectivity index (χ0) is 19.1. The van der Waals surface area contributed by atoms with Crippen molar-refractivity contribution in [1.29, 1.82) is 5.26 Å². The molecule has 7 nitrogen and oxygen atoms in total. The van der Waals surface area contributed by atoms with Crippen LogP contribution in [0.3, 0.4) is 0 Å². The second kappa shape index (κ2) is 8.87. The van der Waals surface area contributed by atoms with E-state index in [0.717, 1.165) is 16.3 Å². The monoisotopic (exact) mass is 378 g/mol. The van der Waals surface area contributed by atoms with Gasteiger partial charge >= 0.3 is 0 Å². The van der Waals surface area contributed by atoms with Crippen LogP contribution in [0, 0.1) is 11.3 Å². The highest BCUT2D eigenvalue weighted by Gasteiger charge is 2.14. The average molecular weight is 378 g/mol. The lowest BCUT2D eigenvalue weighted by molar-refractivity contribution is 0.0943. The van der Waals surface area contributed by atoms with E-state index in [4.69, 9.17) is 5.26 Å². The number of nitrogens with one attached hydrogen (secondary N) is 2. The molecule has 0 bridgehead atoms. The van der Waals surface area contributed by atoms with E-state index in [1.807, 2.05) is 25.1 Å². The molecule has 0 aliphatic rings. The lowest BCUT2D eigenvalue weighted by Gasteiger charge is -2.10. The molecule has 136 valence electrons. The first-order valence-electron chi connectivity index (χ1n) is 8.44. The number of amides is 1. The number of rotatable bonds is 7. The maximum atomic E-state index is 12.3. The molecule has 1 amide bonds. The summed E-state index contributed by atoms with van der Waals surface area (Å²) in [7, 11) is 0. The molecule has 0 saturated carbocycles. The van der Waals surface area contributed by atoms with Crippen LogP contribution in [0.1, 0.15) is 29.4 Å². The minimum Gasteiger partial charge on any atom is -0.349 e. The molecule has 1 unspecified atom stereocenters. The van der Waals surface area contributed by atoms with Gasteiger partial charge in [0.05, 0.1) is 33.4 Å². The molecular formula is C19H18N6OS. The molecule has 0 aromatic carbocycles. The molecule has 3 aromatic rings. The van der Waals surface area contributed by atoms with Crippen LogP contribution in [0.15, 0.2) is 48.9 Å². The van der Waals surface area contributed by atoms with Crippen LogP contribution in [-0.2, 0) is 0 Å². The van der Waals surface area contributed by atoms with Gasteiger partial charge in [-0.05, 0) is 43.7 Å². The highest BCUT2D eigenvalue weighted by molar-refractivity contribution is 7.17. The first-order chi connectivity index (χ1) is 13.2. The molecule has 0 aliphatic heterocycles. The Morgan fingerprint density at radius 2 is 2.19 bits per heavy atom. The Balaban J connectivity index is 1.70. The van der Waals surface area contributed by atoms with Gasteiger partial charge in [-0.25, -0.2) is 9.97 Å². The molecule has 0 fully saturated rings. The maximum absolute atomic E-state index is 12.3. The molecule has 1 atom stereocenters. The highest BCUT2D eigenvalue weighted by Crippen LogP contribution is 2.27. The van der Waals surface area contributed by atoms with Crippen LogP contribution in [0.4, 0.5) is 11.6 Å². The van der Waals surface area contributed by atoms with E-state index >= 15 is 0 Å². The largest absolute Gasteiger partial charge is 0.349 e. The third-order valence-electron chi connectivity index (χ3n) is 3.72. The minimum absolute atomic E-state index is 0.0444. The van der Waals surface area contributed by atoms with Crippen LogP contribution in [0.2, 0.25) is 0 Å². The van der Waals surface area contributed by atoms with Crippen molar-refractivity contribution in [3.8, 4) is 16.6 Å². The van der Waals surface area contributed by atoms with Gasteiger partial charge in [0.1, 0.15) is 0 Å². The van der Waals surface area contributed by atoms with Crippen molar-refractivity contribution in [3.63, 3.8) is 0 Å². The van der Waals surface area contributed by atoms with Gasteiger partial charge in [0.2, 0.25) is 5.95 Å². The van der Waals surface area contributed by atoms with Gasteiger partial charge < -0.3 is 10.6 Å². The standard InChI is InChI=1S/C19H18N6OS/c1-13(4-2-9-20)23-18(26)17-7-6-16(27-17)15-8-11-22-19(25-15)24-14-5-3-10-21-12-14/h3,5-8,10-13H,2,4H2,1H3,(H,23,26)(H,22,24,25). The Bertz CT molecular complexity index is 950. The normalized spacial score (nSPS) is 11.4. The molecule has 3 rings (SSSR count). The number of carbonyl (C=O) groups excluding carboxylic acids is 1. The fraction of sp³-hybridized carbons (Fsp3) is 0.211. The zero-order valence-corrected chi connectivity index (χ0v) is 15.5. The SMILES string of the molecule is CC(CCC#N)NC(=O)c1ccc(-c2ccnc(Nc3cccnc3)n2)s1. The van der Waals surface area contributed by atoms with E-state index in [1.54, 1.807) is 30.7 Å². The number of nitriles is 1. The Hall–Kier alpha value is -3.31. The quantitative estimate of drug-likeness (QED) is 0.649. The third kappa shape index (κ3) is 5.09. The van der Waals surface area contributed by atoms with Crippen molar-refractivity contribution in [2.75, 3.05) is 5.32 Å². The summed E-state index contributed by atoms with van der Waals surface area (Å²) in [6.07, 6.45) is 6.12. The summed E-state index contributed by atoms with van der Waals surface area (Å²) in [4.78, 5) is 26.6. The Labute approximate surface area is 161 Å². The first kappa shape index (κ1) is 18.5. The van der Waals surface area contributed by atoms with Gasteiger partial charge in [0.25, 0.3) is 5.91 Å². The van der Waals surface area contributed by atoms with Gasteiger partial charge in [-0.2, -0.15) is 5.26 Å². The average Bonchev–Trinajstić information content (AvgIpc) is 3.18. The topological polar surface area (TPSA) is 104 Å². The predicted molar refractivity (Wildman–Crippen MR) is 105 cm³/mol. The second-order valence-electron chi connectivity index (χ2n) is 5.87. The summed E-state index contributed by atoms with van der Waals surface area (Å²) in [5, 5.41) is 14.6. The summed E-state index contributed by atoms with van der Waals surface area (Å²) in [6.45, 7) is 1.89. The molecule has 0 aliphatic carbocycles. The molecule has 0 saturated heterocycles. The van der Waals surface area contributed by atoms with Crippen LogP contribution >= 0.6 is 11.3 Å². The number of carbonyl (C=O) groups is 1. The van der Waals surface area contributed by atoms with Gasteiger partial charge in [-0.3, -0.25) is 9.78 Å². The number of aromatic nitrogens is 3. The van der Waals surface area contributed by atoms with Crippen LogP contribution in [-0.4, -0.2) is 26.9 Å². The first-order valence-corrected chi connectivity index (χ1v) is 9.25. The minimum atomic E-state index is -0.139. The van der Waals surface area contributed by atoms with E-state index < -0.39 is 0 Å². The van der Waals surface area contributed by atoms with Crippen molar-refractivity contribution in [1.82, 2.24) is 20.3 Å². The molecule has 0 radical (unpaired) electrons. The van der Waals surface area contributed by atoms with E-state index in [1.165, 1.54) is 11.3 Å². The number of thiophene rings is 1. The van der Waals surface area contributed by atoms with Crippen molar-refractivity contribution < 1.29 is 4.79 Å². The number of hydrogen-bond donors (Lipinski definition) is 2. The zero-order valence-electron chi connectivity index (χ0n) is 14.7. The molecule has 27 heavy (non-hydrogen) atoms. The van der Waals surface area contributed by atoms with Gasteiger partial charge in [-0.1, -0.05) is 0 Å². The highest BCUT2D eigenvalue weighted by atomic mass is 32.1. The smallest absolute Gasteiger partial charge is 0.261 e. The number of nitrogens with zero attached hydrogens (tertiary/aromatic N) is 4. The third-order valence-corrected chi connectivity index (χ3v) is 4.83. The van der Waals surface area contributed by atoms with Crippen LogP contribution in [0.25, 0.3) is 10.6 Å². The lowest BCUT2D eigenvalue weighted by Crippen LogP contribution is -2.31. The summed E-state index contributed by atoms with van der Waals surface area (Å²) < 4.78 is 0. The van der Waals surface area contributed by atoms with Crippen molar-refractivity contribution in [2.24, 2.45) is 0 Å². The summed E-state index contributed by atoms with van der Waals surface area (Å²) >= 11 is 1.37. The Morgan fingerprint density at radius 1 is 1.30 bits per heavy atom. The molecular weight excluding hydrogens is 360 g/mol. The molecule has 2 N–H and O–H groups in total. The van der Waals surface area contributed by atoms with Crippen molar-refractivity contribution >= 4 is 28.9 Å². The fourth-order valence-electron chi connectivity index (χ4n) is 2.37. The fourth-order valence-corrected chi connectivity index (χ4v) is 3.25. The van der Waals surface area contributed by atoms with Crippen LogP contribution in [0.5, 0.6) is 0 Å². The molecule has 0 spiro atoms. The van der Waals surface area contributed by atoms with Crippen LogP contribution < -0.4 is 10.6 Å². The van der Waals surface area contributed by atoms with Gasteiger partial charge in [0, 0.05) is 24.9 Å². The van der Waals surface area contributed by atoms with E-state index in [0.29, 0.717) is 23.7 Å². The van der Waals surface area contributed by atoms with Gasteiger partial charge in [0.15, 0.2) is 0 Å². The summed E-state index contributed by atoms with van der Waals surface area (Å²) in [6, 6.07) is 11.2. The molecule has 3 aromatic heterocycles. The predicted octanol–water partition coefficient (Wildman–Crippen LogP) is 3.77. The summed E-state index contributed by atoms with van der Waals surface area (Å²) in [5.41, 5.74) is 1.53. The molecule has 8 heteroatoms. The maximum Gasteiger partial charge on any atom is 0.261 e. The molecule has 3 heterocycles. The van der Waals surface area contributed by atoms with E-state index in [-0.39, 0.29) is 11.9 Å². The van der Waals surface area contributed by atoms with Crippen molar-refractivity contribution in [3.05, 3.63) is 53.8 Å². The van der Waals surface area contributed by atoms with E-state index in [9.17, 15) is 4.79 Å². The van der Waals surface area contributed by atoms with Gasteiger partial charge in [-0.15, -0.1) is 11.3 Å². The Morgan fingerprint density at radius 3 is 2.96 bits per heavy atom. The van der Waals surface area contributed by atoms with Crippen molar-refractivity contribution in [2.45, 2.75) is 25.8 Å². The number of anilines is 2. The van der Waals surface area contributed by atoms with E-state index in [2.05, 4.69) is 31.7 Å². The number of hydrogen-bond acceptors (Lipinski definition) is 7. The number of pyridine rings is 1. The Kier molecular flexibility index (Phi) is 6.07. The second-order valence-corrected chi connectivity index (χ2v) is 6.95. The summed E-state index contributed by atoms with van der Waals surface area (Å²) in [5.74, 6) is 0.324.